The molecule has 0 aromatic heterocycles. The van der Waals surface area contributed by atoms with Crippen molar-refractivity contribution in [1.82, 2.24) is 4.90 Å². The third kappa shape index (κ3) is 3.43. The van der Waals surface area contributed by atoms with Crippen molar-refractivity contribution >= 4 is 12.2 Å². The number of fused-ring (bicyclic) bond motifs is 1. The zero-order valence-corrected chi connectivity index (χ0v) is 12.9. The van der Waals surface area contributed by atoms with Crippen LogP contribution < -0.4 is 10.4 Å². The highest BCUT2D eigenvalue weighted by Crippen LogP contribution is 2.17. The smallest absolute Gasteiger partial charge is 0.0310 e. The van der Waals surface area contributed by atoms with Crippen molar-refractivity contribution in [3.8, 4) is 0 Å². The number of allylic oxidation sites excluding steroid dienone is 4. The third-order valence-corrected chi connectivity index (χ3v) is 4.30. The van der Waals surface area contributed by atoms with Crippen LogP contribution in [0.3, 0.4) is 0 Å². The van der Waals surface area contributed by atoms with Crippen LogP contribution in [0.1, 0.15) is 12.8 Å². The monoisotopic (exact) mass is 277 g/mol. The van der Waals surface area contributed by atoms with E-state index in [1.165, 1.54) is 16.0 Å². The van der Waals surface area contributed by atoms with Gasteiger partial charge in [-0.2, -0.15) is 0 Å². The Balaban J connectivity index is 1.69. The third-order valence-electron chi connectivity index (χ3n) is 4.30. The number of rotatable bonds is 3. The molecule has 0 bridgehead atoms. The molecular weight excluding hydrogens is 254 g/mol. The van der Waals surface area contributed by atoms with E-state index in [9.17, 15) is 0 Å². The van der Waals surface area contributed by atoms with Gasteiger partial charge in [0.1, 0.15) is 0 Å². The van der Waals surface area contributed by atoms with Crippen LogP contribution in [0.25, 0.3) is 12.2 Å². The molecule has 1 heteroatoms. The lowest BCUT2D eigenvalue weighted by Gasteiger charge is -2.22. The zero-order valence-electron chi connectivity index (χ0n) is 12.9. The number of nitrogens with zero attached hydrogens (tertiary/aromatic N) is 1. The molecule has 0 saturated carbocycles. The van der Waals surface area contributed by atoms with E-state index in [1.807, 2.05) is 0 Å². The van der Waals surface area contributed by atoms with E-state index in [0.29, 0.717) is 12.0 Å². The van der Waals surface area contributed by atoms with Crippen molar-refractivity contribution in [1.29, 1.82) is 0 Å². The second kappa shape index (κ2) is 6.28. The minimum absolute atomic E-state index is 0.515. The van der Waals surface area contributed by atoms with Gasteiger partial charge in [-0.15, -0.1) is 0 Å². The van der Waals surface area contributed by atoms with Gasteiger partial charge in [-0.05, 0) is 48.9 Å². The van der Waals surface area contributed by atoms with Crippen molar-refractivity contribution in [2.75, 3.05) is 14.1 Å². The largest absolute Gasteiger partial charge is 0.303 e. The molecule has 1 aromatic rings. The topological polar surface area (TPSA) is 3.24 Å². The summed E-state index contributed by atoms with van der Waals surface area (Å²) in [7, 11) is 4.27. The van der Waals surface area contributed by atoms with Gasteiger partial charge in [0.25, 0.3) is 0 Å². The number of benzene rings is 1. The van der Waals surface area contributed by atoms with Crippen molar-refractivity contribution in [3.63, 3.8) is 0 Å². The average molecular weight is 277 g/mol. The number of hydrogen-bond acceptors (Lipinski definition) is 1. The highest BCUT2D eigenvalue weighted by atomic mass is 15.1. The summed E-state index contributed by atoms with van der Waals surface area (Å²) in [4.78, 5) is 2.26. The molecule has 2 aliphatic carbocycles. The van der Waals surface area contributed by atoms with Crippen LogP contribution in [0, 0.1) is 5.92 Å². The summed E-state index contributed by atoms with van der Waals surface area (Å²) in [5.74, 6) is 0.515. The molecule has 0 fully saturated rings. The Bertz CT molecular complexity index is 704. The second-order valence-corrected chi connectivity index (χ2v) is 6.09. The molecule has 0 aliphatic heterocycles. The first kappa shape index (κ1) is 14.1. The van der Waals surface area contributed by atoms with Crippen LogP contribution in [0.15, 0.2) is 60.2 Å². The fourth-order valence-corrected chi connectivity index (χ4v) is 2.91. The predicted molar refractivity (Wildman–Crippen MR) is 91.2 cm³/mol. The summed E-state index contributed by atoms with van der Waals surface area (Å²) in [6.07, 6.45) is 18.4. The van der Waals surface area contributed by atoms with E-state index in [-0.39, 0.29) is 0 Å². The molecule has 2 aliphatic rings. The summed E-state index contributed by atoms with van der Waals surface area (Å²) in [6, 6.07) is 9.16. The minimum Gasteiger partial charge on any atom is -0.303 e. The summed E-state index contributed by atoms with van der Waals surface area (Å²) in [5.41, 5.74) is 1.33. The van der Waals surface area contributed by atoms with Gasteiger partial charge in [0.2, 0.25) is 0 Å². The summed E-state index contributed by atoms with van der Waals surface area (Å²) in [5, 5.41) is 2.73. The Morgan fingerprint density at radius 2 is 1.86 bits per heavy atom. The lowest BCUT2D eigenvalue weighted by atomic mass is 9.95. The van der Waals surface area contributed by atoms with Crippen LogP contribution in [0.5, 0.6) is 0 Å². The van der Waals surface area contributed by atoms with E-state index in [0.717, 1.165) is 12.8 Å². The van der Waals surface area contributed by atoms with Crippen molar-refractivity contribution in [2.24, 2.45) is 5.92 Å². The Morgan fingerprint density at radius 1 is 1.05 bits per heavy atom. The van der Waals surface area contributed by atoms with Crippen molar-refractivity contribution in [2.45, 2.75) is 18.9 Å². The molecule has 0 saturated heterocycles. The fraction of sp³-hybridized carbons (Fsp3) is 0.300. The van der Waals surface area contributed by atoms with Gasteiger partial charge in [-0.1, -0.05) is 66.8 Å². The van der Waals surface area contributed by atoms with Crippen molar-refractivity contribution < 1.29 is 0 Å². The van der Waals surface area contributed by atoms with E-state index in [1.54, 1.807) is 0 Å². The second-order valence-electron chi connectivity index (χ2n) is 6.09. The van der Waals surface area contributed by atoms with Gasteiger partial charge in [-0.25, -0.2) is 0 Å². The number of hydrogen-bond donors (Lipinski definition) is 0. The minimum atomic E-state index is 0.515. The molecule has 0 heterocycles. The lowest BCUT2D eigenvalue weighted by molar-refractivity contribution is 0.343. The molecule has 3 rings (SSSR count). The zero-order chi connectivity index (χ0) is 14.7. The molecular formula is C20H23N. The average Bonchev–Trinajstić information content (AvgIpc) is 2.53. The van der Waals surface area contributed by atoms with E-state index < -0.39 is 0 Å². The van der Waals surface area contributed by atoms with E-state index >= 15 is 0 Å². The van der Waals surface area contributed by atoms with Crippen LogP contribution in [0.4, 0.5) is 0 Å². The summed E-state index contributed by atoms with van der Waals surface area (Å²) in [6.45, 7) is 0. The molecule has 0 spiro atoms. The van der Waals surface area contributed by atoms with Gasteiger partial charge < -0.3 is 4.90 Å². The maximum atomic E-state index is 2.38. The molecule has 1 aromatic carbocycles. The standard InChI is InChI=1S/C20H23N/c1-21(2)20-13-10-16(11-14-20)7-8-17-9-12-18-5-3-4-6-19(18)15-17/h3-8,10-13,15,17,20H,9,14H2,1-2H3/b8-7+/t17-,20?/m1/s1. The molecule has 1 unspecified atom stereocenters. The molecule has 1 nitrogen and oxygen atoms in total. The van der Waals surface area contributed by atoms with Gasteiger partial charge in [0.15, 0.2) is 0 Å². The quantitative estimate of drug-likeness (QED) is 0.821. The van der Waals surface area contributed by atoms with Gasteiger partial charge in [-0.3, -0.25) is 0 Å². The fourth-order valence-electron chi connectivity index (χ4n) is 2.91. The Morgan fingerprint density at radius 3 is 2.57 bits per heavy atom. The maximum absolute atomic E-state index is 2.38. The summed E-state index contributed by atoms with van der Waals surface area (Å²) >= 11 is 0. The number of likely N-dealkylation sites (N-methyl/N-ethyl adjacent to an activating group) is 1. The van der Waals surface area contributed by atoms with Crippen LogP contribution in [-0.4, -0.2) is 25.0 Å². The Hall–Kier alpha value is -1.86. The van der Waals surface area contributed by atoms with Crippen molar-refractivity contribution in [3.05, 3.63) is 70.7 Å². The Labute approximate surface area is 127 Å². The highest BCUT2D eigenvalue weighted by Gasteiger charge is 2.09. The molecule has 0 N–H and O–H groups in total. The first-order valence-electron chi connectivity index (χ1n) is 7.72. The first-order valence-corrected chi connectivity index (χ1v) is 7.72. The van der Waals surface area contributed by atoms with Crippen LogP contribution in [-0.2, 0) is 0 Å². The molecule has 2 atom stereocenters. The molecule has 0 radical (unpaired) electrons. The van der Waals surface area contributed by atoms with Gasteiger partial charge >= 0.3 is 0 Å². The first-order chi connectivity index (χ1) is 10.2. The molecule has 21 heavy (non-hydrogen) atoms. The van der Waals surface area contributed by atoms with Crippen LogP contribution in [0.2, 0.25) is 0 Å². The van der Waals surface area contributed by atoms with Crippen LogP contribution >= 0.6 is 0 Å². The summed E-state index contributed by atoms with van der Waals surface area (Å²) < 4.78 is 0. The molecule has 108 valence electrons. The Kier molecular flexibility index (Phi) is 4.21. The van der Waals surface area contributed by atoms with E-state index in [4.69, 9.17) is 0 Å². The maximum Gasteiger partial charge on any atom is 0.0310 e. The normalized spacial score (nSPS) is 24.4. The SMILES string of the molecule is CN(C)C1C=CC(/C=C/[C@H]2C=c3ccccc3=CC2)=CC1. The van der Waals surface area contributed by atoms with Gasteiger partial charge in [0, 0.05) is 6.04 Å². The predicted octanol–water partition coefficient (Wildman–Crippen LogP) is 2.64. The highest BCUT2D eigenvalue weighted by molar-refractivity contribution is 5.44. The van der Waals surface area contributed by atoms with Gasteiger partial charge in [0.05, 0.1) is 0 Å². The lowest BCUT2D eigenvalue weighted by Crippen LogP contribution is -2.27. The molecule has 0 amide bonds. The van der Waals surface area contributed by atoms with E-state index in [2.05, 4.69) is 85.8 Å².